The average molecular weight is 235 g/mol. The van der Waals surface area contributed by atoms with Gasteiger partial charge in [-0.3, -0.25) is 0 Å². The molecule has 0 radical (unpaired) electrons. The number of halogens is 3. The molecule has 5 heteroatoms. The Morgan fingerprint density at radius 2 is 1.73 bits per heavy atom. The highest BCUT2D eigenvalue weighted by Crippen LogP contribution is 2.34. The number of hydrogen-bond acceptors (Lipinski definition) is 1. The molecule has 0 aliphatic rings. The SMILES string of the molecule is CC.FC(F)(F)c1ccccc1NC=S. The smallest absolute Gasteiger partial charge is 0.352 e. The maximum atomic E-state index is 12.3. The second-order valence-electron chi connectivity index (χ2n) is 2.31. The summed E-state index contributed by atoms with van der Waals surface area (Å²) in [4.78, 5) is 0. The van der Waals surface area contributed by atoms with Crippen molar-refractivity contribution in [3.63, 3.8) is 0 Å². The van der Waals surface area contributed by atoms with Crippen molar-refractivity contribution < 1.29 is 13.2 Å². The van der Waals surface area contributed by atoms with Crippen molar-refractivity contribution in [2.45, 2.75) is 20.0 Å². The fraction of sp³-hybridized carbons (Fsp3) is 0.300. The quantitative estimate of drug-likeness (QED) is 0.774. The van der Waals surface area contributed by atoms with E-state index >= 15 is 0 Å². The Kier molecular flexibility index (Phi) is 5.93. The minimum absolute atomic E-state index is 0.0231. The van der Waals surface area contributed by atoms with Gasteiger partial charge in [0, 0.05) is 0 Å². The lowest BCUT2D eigenvalue weighted by molar-refractivity contribution is -0.136. The molecular formula is C10H12F3NS. The number of thiocarbonyl (C=S) groups is 1. The molecule has 1 N–H and O–H groups in total. The molecule has 0 fully saturated rings. The van der Waals surface area contributed by atoms with Crippen LogP contribution >= 0.6 is 12.2 Å². The average Bonchev–Trinajstić information content (AvgIpc) is 2.21. The number of rotatable bonds is 2. The molecule has 0 spiro atoms. The van der Waals surface area contributed by atoms with Crippen LogP contribution in [-0.4, -0.2) is 5.49 Å². The number of para-hydroxylation sites is 1. The summed E-state index contributed by atoms with van der Waals surface area (Å²) in [5, 5.41) is 2.35. The molecule has 84 valence electrons. The van der Waals surface area contributed by atoms with E-state index in [1.165, 1.54) is 18.2 Å². The summed E-state index contributed by atoms with van der Waals surface area (Å²) in [5.41, 5.74) is 0.311. The van der Waals surface area contributed by atoms with Crippen molar-refractivity contribution in [2.24, 2.45) is 0 Å². The lowest BCUT2D eigenvalue weighted by Gasteiger charge is -2.11. The Balaban J connectivity index is 0.000000921. The molecule has 0 aliphatic carbocycles. The Labute approximate surface area is 92.3 Å². The summed E-state index contributed by atoms with van der Waals surface area (Å²) < 4.78 is 36.9. The van der Waals surface area contributed by atoms with E-state index in [4.69, 9.17) is 0 Å². The summed E-state index contributed by atoms with van der Waals surface area (Å²) >= 11 is 4.41. The van der Waals surface area contributed by atoms with E-state index < -0.39 is 11.7 Å². The van der Waals surface area contributed by atoms with Gasteiger partial charge in [0.25, 0.3) is 0 Å². The van der Waals surface area contributed by atoms with Crippen molar-refractivity contribution in [1.82, 2.24) is 0 Å². The number of alkyl halides is 3. The minimum atomic E-state index is -4.35. The first-order chi connectivity index (χ1) is 7.05. The summed E-state index contributed by atoms with van der Waals surface area (Å²) in [6.45, 7) is 4.00. The molecule has 0 heterocycles. The van der Waals surface area contributed by atoms with Crippen LogP contribution in [0.3, 0.4) is 0 Å². The molecule has 1 rings (SSSR count). The topological polar surface area (TPSA) is 12.0 Å². The van der Waals surface area contributed by atoms with Gasteiger partial charge in [-0.15, -0.1) is 0 Å². The van der Waals surface area contributed by atoms with Crippen LogP contribution in [0.15, 0.2) is 24.3 Å². The predicted molar refractivity (Wildman–Crippen MR) is 60.1 cm³/mol. The first-order valence-electron chi connectivity index (χ1n) is 4.42. The minimum Gasteiger partial charge on any atom is -0.352 e. The van der Waals surface area contributed by atoms with Gasteiger partial charge in [-0.25, -0.2) is 0 Å². The van der Waals surface area contributed by atoms with E-state index in [2.05, 4.69) is 17.5 Å². The van der Waals surface area contributed by atoms with E-state index in [9.17, 15) is 13.2 Å². The van der Waals surface area contributed by atoms with E-state index in [0.29, 0.717) is 0 Å². The largest absolute Gasteiger partial charge is 0.418 e. The van der Waals surface area contributed by atoms with Gasteiger partial charge in [0.1, 0.15) is 0 Å². The van der Waals surface area contributed by atoms with Crippen molar-refractivity contribution in [3.05, 3.63) is 29.8 Å². The molecule has 0 unspecified atom stereocenters. The molecule has 0 aromatic heterocycles. The number of hydrogen-bond donors (Lipinski definition) is 1. The molecule has 1 aromatic carbocycles. The maximum absolute atomic E-state index is 12.3. The van der Waals surface area contributed by atoms with Gasteiger partial charge in [-0.05, 0) is 12.1 Å². The zero-order chi connectivity index (χ0) is 11.9. The second kappa shape index (κ2) is 6.40. The molecule has 15 heavy (non-hydrogen) atoms. The van der Waals surface area contributed by atoms with Crippen LogP contribution in [0.4, 0.5) is 18.9 Å². The van der Waals surface area contributed by atoms with E-state index in [-0.39, 0.29) is 5.69 Å². The Bertz CT molecular complexity index is 310. The number of benzene rings is 1. The van der Waals surface area contributed by atoms with E-state index in [0.717, 1.165) is 11.6 Å². The van der Waals surface area contributed by atoms with Crippen LogP contribution in [0.1, 0.15) is 19.4 Å². The highest BCUT2D eigenvalue weighted by Gasteiger charge is 2.32. The van der Waals surface area contributed by atoms with Crippen molar-refractivity contribution in [2.75, 3.05) is 5.32 Å². The highest BCUT2D eigenvalue weighted by molar-refractivity contribution is 7.79. The van der Waals surface area contributed by atoms with Crippen molar-refractivity contribution in [3.8, 4) is 0 Å². The van der Waals surface area contributed by atoms with Crippen LogP contribution in [0.25, 0.3) is 0 Å². The second-order valence-corrected chi connectivity index (χ2v) is 2.54. The maximum Gasteiger partial charge on any atom is 0.418 e. The van der Waals surface area contributed by atoms with E-state index in [1.807, 2.05) is 13.8 Å². The van der Waals surface area contributed by atoms with Crippen LogP contribution in [0.5, 0.6) is 0 Å². The van der Waals surface area contributed by atoms with Crippen LogP contribution in [0.2, 0.25) is 0 Å². The lowest BCUT2D eigenvalue weighted by Crippen LogP contribution is -2.09. The van der Waals surface area contributed by atoms with Gasteiger partial charge in [0.2, 0.25) is 0 Å². The first kappa shape index (κ1) is 13.9. The standard InChI is InChI=1S/C8H6F3NS.C2H6/c9-8(10,11)6-3-1-2-4-7(6)12-5-13;1-2/h1-5H,(H,12,13);1-2H3. The molecular weight excluding hydrogens is 223 g/mol. The monoisotopic (exact) mass is 235 g/mol. The summed E-state index contributed by atoms with van der Waals surface area (Å²) in [5.74, 6) is 0. The first-order valence-corrected chi connectivity index (χ1v) is 4.89. The van der Waals surface area contributed by atoms with Crippen LogP contribution in [-0.2, 0) is 6.18 Å². The van der Waals surface area contributed by atoms with Crippen molar-refractivity contribution >= 4 is 23.4 Å². The Hall–Kier alpha value is -1.10. The van der Waals surface area contributed by atoms with E-state index in [1.54, 1.807) is 0 Å². The zero-order valence-corrected chi connectivity index (χ0v) is 9.25. The summed E-state index contributed by atoms with van der Waals surface area (Å²) in [6, 6.07) is 5.17. The van der Waals surface area contributed by atoms with Gasteiger partial charge < -0.3 is 5.32 Å². The Morgan fingerprint density at radius 1 is 1.20 bits per heavy atom. The molecule has 1 nitrogen and oxygen atoms in total. The number of nitrogens with one attached hydrogen (secondary N) is 1. The van der Waals surface area contributed by atoms with Crippen LogP contribution in [0, 0.1) is 0 Å². The zero-order valence-electron chi connectivity index (χ0n) is 8.43. The van der Waals surface area contributed by atoms with Crippen LogP contribution < -0.4 is 5.32 Å². The van der Waals surface area contributed by atoms with Gasteiger partial charge in [0.15, 0.2) is 0 Å². The summed E-state index contributed by atoms with van der Waals surface area (Å²) in [6.07, 6.45) is -4.35. The molecule has 1 aromatic rings. The van der Waals surface area contributed by atoms with Gasteiger partial charge in [0.05, 0.1) is 16.7 Å². The normalized spacial score (nSPS) is 9.93. The Morgan fingerprint density at radius 3 is 2.20 bits per heavy atom. The van der Waals surface area contributed by atoms with Crippen molar-refractivity contribution in [1.29, 1.82) is 0 Å². The lowest BCUT2D eigenvalue weighted by atomic mass is 10.2. The predicted octanol–water partition coefficient (Wildman–Crippen LogP) is 4.10. The fourth-order valence-corrected chi connectivity index (χ4v) is 1.05. The van der Waals surface area contributed by atoms with Gasteiger partial charge in [-0.1, -0.05) is 38.2 Å². The molecule has 0 saturated heterocycles. The molecule has 0 saturated carbocycles. The molecule has 0 amide bonds. The highest BCUT2D eigenvalue weighted by atomic mass is 32.1. The third kappa shape index (κ3) is 4.29. The third-order valence-electron chi connectivity index (χ3n) is 1.45. The fourth-order valence-electron chi connectivity index (χ4n) is 0.920. The number of anilines is 1. The molecule has 0 bridgehead atoms. The summed E-state index contributed by atoms with van der Waals surface area (Å²) in [7, 11) is 0. The molecule has 0 atom stereocenters. The molecule has 0 aliphatic heterocycles. The van der Waals surface area contributed by atoms with Gasteiger partial charge >= 0.3 is 6.18 Å². The van der Waals surface area contributed by atoms with Gasteiger partial charge in [-0.2, -0.15) is 13.2 Å². The third-order valence-corrected chi connectivity index (χ3v) is 1.56.